The number of hydrogen-bond acceptors (Lipinski definition) is 9. The van der Waals surface area contributed by atoms with Gasteiger partial charge in [-0.25, -0.2) is 4.98 Å². The molecule has 3 aromatic rings. The van der Waals surface area contributed by atoms with Crippen LogP contribution in [0.4, 0.5) is 0 Å². The Morgan fingerprint density at radius 3 is 2.19 bits per heavy atom. The predicted octanol–water partition coefficient (Wildman–Crippen LogP) is 7.98. The van der Waals surface area contributed by atoms with Crippen molar-refractivity contribution in [1.82, 2.24) is 4.98 Å². The van der Waals surface area contributed by atoms with Crippen LogP contribution in [0.15, 0.2) is 57.8 Å². The summed E-state index contributed by atoms with van der Waals surface area (Å²) in [6.45, 7) is 7.83. The summed E-state index contributed by atoms with van der Waals surface area (Å²) in [5.74, 6) is 0. The third-order valence-corrected chi connectivity index (χ3v) is 14.8. The molecule has 2 aromatic carbocycles. The average molecular weight is 530 g/mol. The first kappa shape index (κ1) is 25.4. The third kappa shape index (κ3) is 7.68. The summed E-state index contributed by atoms with van der Waals surface area (Å²) in [5.41, 5.74) is 2.38. The van der Waals surface area contributed by atoms with Crippen LogP contribution in [0.25, 0.3) is 10.2 Å². The topological polar surface area (TPSA) is 40.6 Å². The van der Waals surface area contributed by atoms with Gasteiger partial charge < -0.3 is 13.3 Å². The van der Waals surface area contributed by atoms with E-state index in [9.17, 15) is 0 Å². The lowest BCUT2D eigenvalue weighted by Gasteiger charge is -2.28. The van der Waals surface area contributed by atoms with Gasteiger partial charge in [0, 0.05) is 30.8 Å². The van der Waals surface area contributed by atoms with E-state index in [0.717, 1.165) is 22.3 Å². The van der Waals surface area contributed by atoms with Gasteiger partial charge in [-0.1, -0.05) is 30.3 Å². The highest BCUT2D eigenvalue weighted by Gasteiger charge is 2.40. The lowest BCUT2D eigenvalue weighted by Crippen LogP contribution is -2.46. The number of para-hydroxylation sites is 1. The van der Waals surface area contributed by atoms with Crippen molar-refractivity contribution in [2.24, 2.45) is 0 Å². The fourth-order valence-corrected chi connectivity index (χ4v) is 12.9. The second kappa shape index (κ2) is 13.5. The number of thiazole rings is 1. The van der Waals surface area contributed by atoms with Crippen LogP contribution in [0.2, 0.25) is 6.04 Å². The summed E-state index contributed by atoms with van der Waals surface area (Å²) in [5, 5.41) is 0. The monoisotopic (exact) mass is 529 g/mol. The molecule has 10 heteroatoms. The van der Waals surface area contributed by atoms with Crippen LogP contribution in [0.1, 0.15) is 26.3 Å². The highest BCUT2D eigenvalue weighted by Crippen LogP contribution is 2.51. The minimum atomic E-state index is -2.63. The number of fused-ring (bicyclic) bond motifs is 1. The van der Waals surface area contributed by atoms with E-state index < -0.39 is 8.80 Å². The first-order valence-electron chi connectivity index (χ1n) is 10.2. The average Bonchev–Trinajstić information content (AvgIpc) is 3.19. The standard InChI is InChI=1S/C21H27NO3S5Si/c1-4-23-31(24-5-2,25-6-3)16-15-17-11-7-9-13-19(17)27-29-30-28-21-22-18-12-8-10-14-20(18)26-21/h7-14H,4-6,15-16H2,1-3H3. The Labute approximate surface area is 205 Å². The number of benzene rings is 2. The lowest BCUT2D eigenvalue weighted by molar-refractivity contribution is 0.0714. The van der Waals surface area contributed by atoms with Crippen LogP contribution in [-0.4, -0.2) is 33.6 Å². The Morgan fingerprint density at radius 1 is 0.839 bits per heavy atom. The molecule has 0 aliphatic carbocycles. The second-order valence-corrected chi connectivity index (χ2v) is 16.1. The van der Waals surface area contributed by atoms with Crippen molar-refractivity contribution in [3.05, 3.63) is 54.1 Å². The van der Waals surface area contributed by atoms with Crippen LogP contribution in [0.3, 0.4) is 0 Å². The summed E-state index contributed by atoms with van der Waals surface area (Å²) < 4.78 is 20.4. The van der Waals surface area contributed by atoms with Gasteiger partial charge in [0.15, 0.2) is 4.34 Å². The number of rotatable bonds is 14. The molecule has 0 aliphatic rings. The van der Waals surface area contributed by atoms with Crippen LogP contribution >= 0.6 is 52.6 Å². The normalized spacial score (nSPS) is 12.0. The van der Waals surface area contributed by atoms with Gasteiger partial charge in [0.25, 0.3) is 0 Å². The van der Waals surface area contributed by atoms with Gasteiger partial charge in [0.1, 0.15) is 0 Å². The second-order valence-electron chi connectivity index (χ2n) is 6.34. The van der Waals surface area contributed by atoms with Gasteiger partial charge in [-0.05, 0) is 92.2 Å². The van der Waals surface area contributed by atoms with Gasteiger partial charge >= 0.3 is 8.80 Å². The molecule has 4 nitrogen and oxygen atoms in total. The lowest BCUT2D eigenvalue weighted by atomic mass is 10.2. The van der Waals surface area contributed by atoms with Crippen LogP contribution in [0.5, 0.6) is 0 Å². The van der Waals surface area contributed by atoms with Crippen molar-refractivity contribution >= 4 is 71.6 Å². The predicted molar refractivity (Wildman–Crippen MR) is 142 cm³/mol. The molecular weight excluding hydrogens is 503 g/mol. The highest BCUT2D eigenvalue weighted by molar-refractivity contribution is 9.26. The molecular formula is C21H27NO3S5Si. The Balaban J connectivity index is 1.55. The van der Waals surface area contributed by atoms with Crippen LogP contribution < -0.4 is 0 Å². The van der Waals surface area contributed by atoms with Crippen molar-refractivity contribution in [2.75, 3.05) is 19.8 Å². The summed E-state index contributed by atoms with van der Waals surface area (Å²) in [4.78, 5) is 5.96. The van der Waals surface area contributed by atoms with E-state index in [1.54, 1.807) is 52.6 Å². The number of hydrogen-bond donors (Lipinski definition) is 0. The molecule has 0 saturated carbocycles. The van der Waals surface area contributed by atoms with E-state index in [-0.39, 0.29) is 0 Å². The SMILES string of the molecule is CCO[Si](CCc1ccccc1SSSSc1nc2ccccc2s1)(OCC)OCC. The maximum absolute atomic E-state index is 6.01. The maximum atomic E-state index is 6.01. The molecule has 3 rings (SSSR count). The Bertz CT molecular complexity index is 892. The van der Waals surface area contributed by atoms with Crippen molar-refractivity contribution < 1.29 is 13.3 Å². The molecule has 0 bridgehead atoms. The summed E-state index contributed by atoms with van der Waals surface area (Å²) >= 11 is 1.74. The largest absolute Gasteiger partial charge is 0.501 e. The molecule has 0 N–H and O–H groups in total. The number of nitrogens with zero attached hydrogens (tertiary/aromatic N) is 1. The molecule has 31 heavy (non-hydrogen) atoms. The summed E-state index contributed by atoms with van der Waals surface area (Å²) in [6, 6.07) is 17.6. The fraction of sp³-hybridized carbons (Fsp3) is 0.381. The molecule has 0 aliphatic heterocycles. The van der Waals surface area contributed by atoms with Gasteiger partial charge in [-0.2, -0.15) is 0 Å². The van der Waals surface area contributed by atoms with E-state index in [4.69, 9.17) is 13.3 Å². The molecule has 0 fully saturated rings. The zero-order chi connectivity index (χ0) is 21.9. The van der Waals surface area contributed by atoms with Crippen molar-refractivity contribution in [1.29, 1.82) is 0 Å². The van der Waals surface area contributed by atoms with E-state index in [0.29, 0.717) is 19.8 Å². The summed E-state index contributed by atoms with van der Waals surface area (Å²) in [7, 11) is 4.40. The number of aromatic nitrogens is 1. The first-order chi connectivity index (χ1) is 15.2. The Kier molecular flexibility index (Phi) is 11.1. The van der Waals surface area contributed by atoms with Crippen molar-refractivity contribution in [3.8, 4) is 0 Å². The van der Waals surface area contributed by atoms with Gasteiger partial charge in [-0.3, -0.25) is 0 Å². The van der Waals surface area contributed by atoms with Gasteiger partial charge in [-0.15, -0.1) is 11.3 Å². The molecule has 1 aromatic heterocycles. The molecule has 0 saturated heterocycles. The quantitative estimate of drug-likeness (QED) is 0.118. The zero-order valence-electron chi connectivity index (χ0n) is 17.9. The van der Waals surface area contributed by atoms with Crippen molar-refractivity contribution in [3.63, 3.8) is 0 Å². The van der Waals surface area contributed by atoms with E-state index in [1.165, 1.54) is 15.2 Å². The third-order valence-electron chi connectivity index (χ3n) is 4.30. The molecule has 1 heterocycles. The highest BCUT2D eigenvalue weighted by atomic mass is 33.7. The molecule has 0 spiro atoms. The zero-order valence-corrected chi connectivity index (χ0v) is 23.0. The minimum absolute atomic E-state index is 0.609. The Hall–Kier alpha value is -0.173. The molecule has 0 amide bonds. The van der Waals surface area contributed by atoms with Gasteiger partial charge in [0.05, 0.1) is 10.2 Å². The van der Waals surface area contributed by atoms with Crippen molar-refractivity contribution in [2.45, 2.75) is 42.5 Å². The fourth-order valence-electron chi connectivity index (χ4n) is 3.06. The molecule has 168 valence electrons. The smallest absolute Gasteiger partial charge is 0.374 e. The molecule has 0 radical (unpaired) electrons. The van der Waals surface area contributed by atoms with Crippen LogP contribution in [-0.2, 0) is 19.7 Å². The summed E-state index contributed by atoms with van der Waals surface area (Å²) in [6.07, 6.45) is 0.881. The van der Waals surface area contributed by atoms with Gasteiger partial charge in [0.2, 0.25) is 0 Å². The molecule has 0 atom stereocenters. The number of aryl methyl sites for hydroxylation is 1. The Morgan fingerprint density at radius 2 is 1.48 bits per heavy atom. The first-order valence-corrected chi connectivity index (χ1v) is 17.8. The van der Waals surface area contributed by atoms with E-state index in [1.807, 2.05) is 26.8 Å². The van der Waals surface area contributed by atoms with Crippen LogP contribution in [0, 0.1) is 0 Å². The maximum Gasteiger partial charge on any atom is 0.501 e. The molecule has 0 unspecified atom stereocenters. The van der Waals surface area contributed by atoms with E-state index >= 15 is 0 Å². The van der Waals surface area contributed by atoms with E-state index in [2.05, 4.69) is 47.4 Å². The minimum Gasteiger partial charge on any atom is -0.374 e.